The van der Waals surface area contributed by atoms with E-state index in [0.29, 0.717) is 13.1 Å². The minimum absolute atomic E-state index is 0.0152. The van der Waals surface area contributed by atoms with Crippen molar-refractivity contribution in [2.75, 3.05) is 32.8 Å². The van der Waals surface area contributed by atoms with Crippen molar-refractivity contribution in [3.63, 3.8) is 0 Å². The number of ether oxygens (including phenoxy) is 1. The molecule has 2 N–H and O–H groups in total. The molecule has 5 heteroatoms. The highest BCUT2D eigenvalue weighted by Gasteiger charge is 2.32. The van der Waals surface area contributed by atoms with Gasteiger partial charge in [0.25, 0.3) is 0 Å². The van der Waals surface area contributed by atoms with E-state index in [1.165, 1.54) is 0 Å². The zero-order chi connectivity index (χ0) is 12.3. The zero-order valence-corrected chi connectivity index (χ0v) is 10.4. The topological polar surface area (TPSA) is 61.8 Å². The Kier molecular flexibility index (Phi) is 4.36. The summed E-state index contributed by atoms with van der Waals surface area (Å²) in [5.41, 5.74) is 0. The normalized spacial score (nSPS) is 34.7. The molecule has 1 amide bonds. The molecule has 0 saturated carbocycles. The van der Waals surface area contributed by atoms with Crippen molar-refractivity contribution in [3.8, 4) is 0 Å². The molecule has 3 atom stereocenters. The van der Waals surface area contributed by atoms with E-state index in [-0.39, 0.29) is 30.6 Å². The first-order valence-corrected chi connectivity index (χ1v) is 6.46. The van der Waals surface area contributed by atoms with Crippen LogP contribution in [0.1, 0.15) is 19.8 Å². The summed E-state index contributed by atoms with van der Waals surface area (Å²) in [4.78, 5) is 14.2. The lowest BCUT2D eigenvalue weighted by atomic mass is 9.97. The Labute approximate surface area is 102 Å². The number of carbonyl (C=O) groups is 1. The summed E-state index contributed by atoms with van der Waals surface area (Å²) < 4.78 is 5.54. The van der Waals surface area contributed by atoms with Crippen LogP contribution in [0.15, 0.2) is 0 Å². The van der Waals surface area contributed by atoms with E-state index >= 15 is 0 Å². The molecule has 2 saturated heterocycles. The molecule has 17 heavy (non-hydrogen) atoms. The largest absolute Gasteiger partial charge is 0.394 e. The molecule has 98 valence electrons. The third kappa shape index (κ3) is 3.18. The standard InChI is InChI=1S/C12H22N2O3/c1-9-6-14(7-11(8-15)17-9)12(16)10-3-2-4-13-5-10/h9-11,13,15H,2-8H2,1H3. The van der Waals surface area contributed by atoms with Crippen LogP contribution in [0.25, 0.3) is 0 Å². The molecule has 2 rings (SSSR count). The molecule has 0 aromatic rings. The van der Waals surface area contributed by atoms with Crippen LogP contribution in [0, 0.1) is 5.92 Å². The maximum Gasteiger partial charge on any atom is 0.227 e. The molecular weight excluding hydrogens is 220 g/mol. The number of aliphatic hydroxyl groups excluding tert-OH is 1. The second kappa shape index (κ2) is 5.80. The van der Waals surface area contributed by atoms with Crippen LogP contribution in [-0.2, 0) is 9.53 Å². The van der Waals surface area contributed by atoms with Gasteiger partial charge in [-0.2, -0.15) is 0 Å². The molecule has 3 unspecified atom stereocenters. The third-order valence-electron chi connectivity index (χ3n) is 3.49. The Bertz CT molecular complexity index is 266. The summed E-state index contributed by atoms with van der Waals surface area (Å²) in [6, 6.07) is 0. The van der Waals surface area contributed by atoms with Crippen molar-refractivity contribution in [2.24, 2.45) is 5.92 Å². The van der Waals surface area contributed by atoms with Crippen LogP contribution < -0.4 is 5.32 Å². The highest BCUT2D eigenvalue weighted by Crippen LogP contribution is 2.18. The zero-order valence-electron chi connectivity index (χ0n) is 10.4. The molecule has 0 radical (unpaired) electrons. The van der Waals surface area contributed by atoms with Crippen molar-refractivity contribution in [2.45, 2.75) is 32.0 Å². The first kappa shape index (κ1) is 12.8. The number of hydrogen-bond acceptors (Lipinski definition) is 4. The molecule has 2 aliphatic heterocycles. The first-order chi connectivity index (χ1) is 8.20. The first-order valence-electron chi connectivity index (χ1n) is 6.46. The number of carbonyl (C=O) groups excluding carboxylic acids is 1. The van der Waals surface area contributed by atoms with Gasteiger partial charge in [0, 0.05) is 19.6 Å². The van der Waals surface area contributed by atoms with Gasteiger partial charge in [0.2, 0.25) is 5.91 Å². The van der Waals surface area contributed by atoms with E-state index in [0.717, 1.165) is 25.9 Å². The number of hydrogen-bond donors (Lipinski definition) is 2. The summed E-state index contributed by atoms with van der Waals surface area (Å²) >= 11 is 0. The van der Waals surface area contributed by atoms with E-state index in [9.17, 15) is 4.79 Å². The number of aliphatic hydroxyl groups is 1. The molecule has 0 aromatic carbocycles. The summed E-state index contributed by atoms with van der Waals surface area (Å²) in [5, 5.41) is 12.4. The fourth-order valence-electron chi connectivity index (χ4n) is 2.65. The quantitative estimate of drug-likeness (QED) is 0.691. The Hall–Kier alpha value is -0.650. The molecule has 0 spiro atoms. The Morgan fingerprint density at radius 3 is 3.00 bits per heavy atom. The minimum Gasteiger partial charge on any atom is -0.394 e. The van der Waals surface area contributed by atoms with Crippen molar-refractivity contribution in [1.82, 2.24) is 10.2 Å². The van der Waals surface area contributed by atoms with Crippen LogP contribution in [0.5, 0.6) is 0 Å². The van der Waals surface area contributed by atoms with E-state index in [1.807, 2.05) is 11.8 Å². The summed E-state index contributed by atoms with van der Waals surface area (Å²) in [5.74, 6) is 0.319. The maximum atomic E-state index is 12.3. The maximum absolute atomic E-state index is 12.3. The average Bonchev–Trinajstić information content (AvgIpc) is 2.38. The van der Waals surface area contributed by atoms with E-state index in [2.05, 4.69) is 5.32 Å². The van der Waals surface area contributed by atoms with Crippen LogP contribution >= 0.6 is 0 Å². The summed E-state index contributed by atoms with van der Waals surface area (Å²) in [6.45, 7) is 4.90. The highest BCUT2D eigenvalue weighted by molar-refractivity contribution is 5.79. The van der Waals surface area contributed by atoms with Gasteiger partial charge >= 0.3 is 0 Å². The van der Waals surface area contributed by atoms with Crippen molar-refractivity contribution in [3.05, 3.63) is 0 Å². The number of nitrogens with one attached hydrogen (secondary N) is 1. The second-order valence-electron chi connectivity index (χ2n) is 5.04. The van der Waals surface area contributed by atoms with Crippen molar-refractivity contribution < 1.29 is 14.6 Å². The molecule has 0 aromatic heterocycles. The minimum atomic E-state index is -0.223. The van der Waals surface area contributed by atoms with Gasteiger partial charge in [-0.3, -0.25) is 4.79 Å². The Morgan fingerprint density at radius 1 is 1.53 bits per heavy atom. The average molecular weight is 242 g/mol. The lowest BCUT2D eigenvalue weighted by molar-refractivity contribution is -0.151. The van der Waals surface area contributed by atoms with Gasteiger partial charge in [-0.25, -0.2) is 0 Å². The Balaban J connectivity index is 1.93. The number of nitrogens with zero attached hydrogens (tertiary/aromatic N) is 1. The van der Waals surface area contributed by atoms with E-state index < -0.39 is 0 Å². The number of rotatable bonds is 2. The van der Waals surface area contributed by atoms with Gasteiger partial charge in [-0.05, 0) is 26.3 Å². The molecular formula is C12H22N2O3. The SMILES string of the molecule is CC1CN(C(=O)C2CCCNC2)CC(CO)O1. The van der Waals surface area contributed by atoms with Gasteiger partial charge < -0.3 is 20.1 Å². The van der Waals surface area contributed by atoms with Crippen LogP contribution in [-0.4, -0.2) is 60.9 Å². The van der Waals surface area contributed by atoms with Gasteiger partial charge in [-0.15, -0.1) is 0 Å². The van der Waals surface area contributed by atoms with Gasteiger partial charge in [0.15, 0.2) is 0 Å². The molecule has 0 aliphatic carbocycles. The smallest absolute Gasteiger partial charge is 0.227 e. The molecule has 2 aliphatic rings. The molecule has 2 fully saturated rings. The van der Waals surface area contributed by atoms with Crippen molar-refractivity contribution in [1.29, 1.82) is 0 Å². The molecule has 5 nitrogen and oxygen atoms in total. The summed E-state index contributed by atoms with van der Waals surface area (Å²) in [6.07, 6.45) is 1.84. The van der Waals surface area contributed by atoms with Gasteiger partial charge in [-0.1, -0.05) is 0 Å². The molecule has 2 heterocycles. The second-order valence-corrected chi connectivity index (χ2v) is 5.04. The number of morpholine rings is 1. The fraction of sp³-hybridized carbons (Fsp3) is 0.917. The van der Waals surface area contributed by atoms with E-state index in [4.69, 9.17) is 9.84 Å². The monoisotopic (exact) mass is 242 g/mol. The number of amides is 1. The van der Waals surface area contributed by atoms with Crippen LogP contribution in [0.3, 0.4) is 0 Å². The predicted molar refractivity (Wildman–Crippen MR) is 63.6 cm³/mol. The van der Waals surface area contributed by atoms with E-state index in [1.54, 1.807) is 0 Å². The van der Waals surface area contributed by atoms with Crippen LogP contribution in [0.2, 0.25) is 0 Å². The van der Waals surface area contributed by atoms with Crippen LogP contribution in [0.4, 0.5) is 0 Å². The summed E-state index contributed by atoms with van der Waals surface area (Å²) in [7, 11) is 0. The number of piperidine rings is 1. The lowest BCUT2D eigenvalue weighted by Gasteiger charge is -2.38. The third-order valence-corrected chi connectivity index (χ3v) is 3.49. The lowest BCUT2D eigenvalue weighted by Crippen LogP contribution is -2.53. The highest BCUT2D eigenvalue weighted by atomic mass is 16.5. The van der Waals surface area contributed by atoms with Crippen molar-refractivity contribution >= 4 is 5.91 Å². The van der Waals surface area contributed by atoms with Gasteiger partial charge in [0.1, 0.15) is 0 Å². The Morgan fingerprint density at radius 2 is 2.35 bits per heavy atom. The fourth-order valence-corrected chi connectivity index (χ4v) is 2.65. The van der Waals surface area contributed by atoms with Gasteiger partial charge in [0.05, 0.1) is 24.7 Å². The predicted octanol–water partition coefficient (Wildman–Crippen LogP) is -0.406. The molecule has 0 bridgehead atoms.